The van der Waals surface area contributed by atoms with Crippen LogP contribution in [-0.4, -0.2) is 32.2 Å². The molecule has 4 nitrogen and oxygen atoms in total. The van der Waals surface area contributed by atoms with Gasteiger partial charge in [-0.1, -0.05) is 37.0 Å². The van der Waals surface area contributed by atoms with Gasteiger partial charge in [0.15, 0.2) is 4.84 Å². The van der Waals surface area contributed by atoms with Crippen molar-refractivity contribution in [2.45, 2.75) is 62.4 Å². The lowest BCUT2D eigenvalue weighted by Gasteiger charge is -2.71. The Morgan fingerprint density at radius 1 is 1.25 bits per heavy atom. The van der Waals surface area contributed by atoms with Crippen LogP contribution in [0.3, 0.4) is 0 Å². The minimum absolute atomic E-state index is 0.0297. The molecule has 3 unspecified atom stereocenters. The number of ketones is 2. The zero-order valence-electron chi connectivity index (χ0n) is 11.9. The Morgan fingerprint density at radius 2 is 1.85 bits per heavy atom. The Labute approximate surface area is 128 Å². The van der Waals surface area contributed by atoms with Crippen molar-refractivity contribution in [2.24, 2.45) is 10.8 Å². The molecule has 3 atom stereocenters. The van der Waals surface area contributed by atoms with E-state index in [0.717, 1.165) is 4.70 Å². The van der Waals surface area contributed by atoms with Gasteiger partial charge >= 0.3 is 0 Å². The van der Waals surface area contributed by atoms with E-state index in [9.17, 15) is 15.1 Å². The number of carbonyl (C=O) groups is 2. The van der Waals surface area contributed by atoms with Gasteiger partial charge < -0.3 is 5.53 Å². The highest BCUT2D eigenvalue weighted by molar-refractivity contribution is 6.54. The fourth-order valence-electron chi connectivity index (χ4n) is 5.48. The third-order valence-electron chi connectivity index (χ3n) is 6.35. The standard InChI is InChI=1S/C14H18Cl2N2O2/c1-11(2)6-7-13-8(19)4-5-12(13,3)14(11,18(13)17)9(20)10(15)16/h10H,4-7H2,1-3H3. The van der Waals surface area contributed by atoms with Gasteiger partial charge in [-0.15, -0.1) is 0 Å². The maximum absolute atomic E-state index is 12.8. The van der Waals surface area contributed by atoms with Crippen LogP contribution in [0.25, 0.3) is 5.53 Å². The van der Waals surface area contributed by atoms with E-state index in [-0.39, 0.29) is 11.6 Å². The molecule has 0 aromatic carbocycles. The van der Waals surface area contributed by atoms with Crippen LogP contribution in [0, 0.1) is 10.8 Å². The molecule has 0 aromatic heterocycles. The predicted molar refractivity (Wildman–Crippen MR) is 74.9 cm³/mol. The topological polar surface area (TPSA) is 59.5 Å². The molecule has 0 aromatic rings. The third kappa shape index (κ3) is 1.05. The number of alkyl halides is 2. The second-order valence-corrected chi connectivity index (χ2v) is 8.28. The van der Waals surface area contributed by atoms with Gasteiger partial charge in [0, 0.05) is 18.3 Å². The molecule has 6 heteroatoms. The maximum Gasteiger partial charge on any atom is 0.236 e. The van der Waals surface area contributed by atoms with Crippen molar-refractivity contribution in [2.75, 3.05) is 0 Å². The number of rotatable bonds is 2. The highest BCUT2D eigenvalue weighted by Crippen LogP contribution is 2.75. The minimum atomic E-state index is -1.20. The van der Waals surface area contributed by atoms with Gasteiger partial charge in [0.25, 0.3) is 0 Å². The summed E-state index contributed by atoms with van der Waals surface area (Å²) in [6.45, 7) is 5.82. The molecule has 4 rings (SSSR count). The number of nitrogens with zero attached hydrogens (tertiary/aromatic N) is 2. The highest BCUT2D eigenvalue weighted by Gasteiger charge is 2.93. The van der Waals surface area contributed by atoms with E-state index >= 15 is 0 Å². The van der Waals surface area contributed by atoms with Crippen molar-refractivity contribution in [3.63, 3.8) is 0 Å². The molecule has 20 heavy (non-hydrogen) atoms. The quantitative estimate of drug-likeness (QED) is 0.580. The molecule has 2 bridgehead atoms. The minimum Gasteiger partial charge on any atom is -0.505 e. The summed E-state index contributed by atoms with van der Waals surface area (Å²) in [6, 6.07) is 0. The molecule has 1 spiro atoms. The summed E-state index contributed by atoms with van der Waals surface area (Å²) < 4.78 is 1.01. The van der Waals surface area contributed by atoms with Crippen LogP contribution in [-0.2, 0) is 9.59 Å². The van der Waals surface area contributed by atoms with E-state index in [1.165, 1.54) is 0 Å². The maximum atomic E-state index is 12.8. The van der Waals surface area contributed by atoms with Crippen molar-refractivity contribution >= 4 is 34.8 Å². The molecular weight excluding hydrogens is 299 g/mol. The Balaban J connectivity index is 2.27. The summed E-state index contributed by atoms with van der Waals surface area (Å²) in [5.74, 6) is -0.358. The lowest BCUT2D eigenvalue weighted by atomic mass is 9.37. The molecule has 0 radical (unpaired) electrons. The van der Waals surface area contributed by atoms with E-state index < -0.39 is 26.7 Å². The number of hydrogen-bond donors (Lipinski definition) is 0. The van der Waals surface area contributed by atoms with E-state index in [4.69, 9.17) is 23.2 Å². The molecule has 0 amide bonds. The first-order valence-electron chi connectivity index (χ1n) is 6.94. The van der Waals surface area contributed by atoms with Crippen LogP contribution in [0.2, 0.25) is 0 Å². The third-order valence-corrected chi connectivity index (χ3v) is 6.75. The largest absolute Gasteiger partial charge is 0.505 e. The van der Waals surface area contributed by atoms with Crippen molar-refractivity contribution in [3.05, 3.63) is 5.53 Å². The van der Waals surface area contributed by atoms with Gasteiger partial charge in [-0.3, -0.25) is 14.3 Å². The Hall–Kier alpha value is -0.480. The van der Waals surface area contributed by atoms with Crippen LogP contribution < -0.4 is 0 Å². The van der Waals surface area contributed by atoms with Gasteiger partial charge in [-0.05, 0) is 19.8 Å². The number of halogens is 2. The van der Waals surface area contributed by atoms with Crippen LogP contribution >= 0.6 is 23.2 Å². The highest BCUT2D eigenvalue weighted by atomic mass is 35.5. The van der Waals surface area contributed by atoms with Gasteiger partial charge in [0.1, 0.15) is 5.41 Å². The zero-order chi connectivity index (χ0) is 15.1. The molecule has 2 saturated heterocycles. The number of fused-ring (bicyclic) bond motifs is 2. The predicted octanol–water partition coefficient (Wildman–Crippen LogP) is 3.07. The average molecular weight is 317 g/mol. The first kappa shape index (κ1) is 14.5. The summed E-state index contributed by atoms with van der Waals surface area (Å²) in [5, 5.41) is 0. The summed E-state index contributed by atoms with van der Waals surface area (Å²) in [6.07, 6.45) is 2.26. The number of hydrogen-bond acceptors (Lipinski definition) is 2. The van der Waals surface area contributed by atoms with Crippen LogP contribution in [0.15, 0.2) is 0 Å². The first-order chi connectivity index (χ1) is 9.09. The summed E-state index contributed by atoms with van der Waals surface area (Å²) in [7, 11) is 0. The van der Waals surface area contributed by atoms with Gasteiger partial charge in [0.2, 0.25) is 22.6 Å². The number of carbonyl (C=O) groups excluding carboxylic acids is 2. The second kappa shape index (κ2) is 3.64. The van der Waals surface area contributed by atoms with Crippen molar-refractivity contribution < 1.29 is 14.3 Å². The Bertz CT molecular complexity index is 559. The Kier molecular flexibility index (Phi) is 2.63. The molecule has 2 aliphatic carbocycles. The van der Waals surface area contributed by atoms with E-state index in [1.54, 1.807) is 0 Å². The first-order valence-corrected chi connectivity index (χ1v) is 7.82. The summed E-state index contributed by atoms with van der Waals surface area (Å²) in [4.78, 5) is 23.9. The fraction of sp³-hybridized carbons (Fsp3) is 0.857. The molecule has 4 aliphatic rings. The molecule has 2 aliphatic heterocycles. The monoisotopic (exact) mass is 316 g/mol. The van der Waals surface area contributed by atoms with Crippen LogP contribution in [0.5, 0.6) is 0 Å². The smallest absolute Gasteiger partial charge is 0.236 e. The Morgan fingerprint density at radius 3 is 2.40 bits per heavy atom. The average Bonchev–Trinajstić information content (AvgIpc) is 2.57. The van der Waals surface area contributed by atoms with E-state index in [1.807, 2.05) is 20.8 Å². The SMILES string of the molecule is CC1(C)CCC23C(=O)CCC2(C)C1(C(=O)C(Cl)Cl)[N+]3=[N-]. The van der Waals surface area contributed by atoms with Crippen molar-refractivity contribution in [1.29, 1.82) is 0 Å². The van der Waals surface area contributed by atoms with Crippen molar-refractivity contribution in [3.8, 4) is 0 Å². The lowest BCUT2D eigenvalue weighted by Crippen LogP contribution is -2.91. The molecular formula is C14H18Cl2N2O2. The second-order valence-electron chi connectivity index (χ2n) is 7.19. The number of Topliss-reactive ketones (excluding diaryl/α,β-unsaturated/α-hetero) is 2. The van der Waals surface area contributed by atoms with Gasteiger partial charge in [0.05, 0.1) is 0 Å². The van der Waals surface area contributed by atoms with Gasteiger partial charge in [-0.25, -0.2) is 0 Å². The number of piperidine rings is 1. The van der Waals surface area contributed by atoms with E-state index in [0.29, 0.717) is 25.7 Å². The normalized spacial score (nSPS) is 45.3. The molecule has 110 valence electrons. The molecule has 0 N–H and O–H groups in total. The molecule has 4 fully saturated rings. The fourth-order valence-corrected chi connectivity index (χ4v) is 5.80. The van der Waals surface area contributed by atoms with E-state index in [2.05, 4.69) is 0 Å². The summed E-state index contributed by atoms with van der Waals surface area (Å²) >= 11 is 11.7. The van der Waals surface area contributed by atoms with Crippen molar-refractivity contribution in [1.82, 2.24) is 0 Å². The molecule has 2 saturated carbocycles. The van der Waals surface area contributed by atoms with Crippen LogP contribution in [0.1, 0.15) is 46.5 Å². The molecule has 2 heterocycles. The van der Waals surface area contributed by atoms with Gasteiger partial charge in [-0.2, -0.15) is 0 Å². The zero-order valence-corrected chi connectivity index (χ0v) is 13.4. The van der Waals surface area contributed by atoms with Crippen LogP contribution in [0.4, 0.5) is 0 Å². The lowest BCUT2D eigenvalue weighted by molar-refractivity contribution is -0.796. The summed E-state index contributed by atoms with van der Waals surface area (Å²) in [5.41, 5.74) is 7.55.